The van der Waals surface area contributed by atoms with Crippen LogP contribution < -0.4 is 5.73 Å². The number of hydrogen-bond donors (Lipinski definition) is 1. The molecule has 0 aliphatic heterocycles. The minimum absolute atomic E-state index is 0.0666. The second-order valence-electron chi connectivity index (χ2n) is 4.53. The normalized spacial score (nSPS) is 28.9. The number of benzene rings is 1. The minimum Gasteiger partial charge on any atom is -0.327 e. The molecule has 0 heterocycles. The Kier molecular flexibility index (Phi) is 2.09. The third-order valence-electron chi connectivity index (χ3n) is 3.15. The summed E-state index contributed by atoms with van der Waals surface area (Å²) in [6.45, 7) is 4.17. The highest BCUT2D eigenvalue weighted by Crippen LogP contribution is 2.57. The van der Waals surface area contributed by atoms with Crippen molar-refractivity contribution in [3.63, 3.8) is 0 Å². The summed E-state index contributed by atoms with van der Waals surface area (Å²) in [4.78, 5) is 0. The zero-order valence-electron chi connectivity index (χ0n) is 8.22. The molecule has 1 aliphatic rings. The van der Waals surface area contributed by atoms with Gasteiger partial charge in [0, 0.05) is 17.0 Å². The Labute approximate surface area is 88.1 Å². The Morgan fingerprint density at radius 1 is 1.36 bits per heavy atom. The van der Waals surface area contributed by atoms with Gasteiger partial charge in [0.1, 0.15) is 5.82 Å². The van der Waals surface area contributed by atoms with E-state index in [0.29, 0.717) is 5.02 Å². The molecule has 3 heteroatoms. The molecule has 0 unspecified atom stereocenters. The molecule has 2 N–H and O–H groups in total. The Hall–Kier alpha value is -0.600. The van der Waals surface area contributed by atoms with Gasteiger partial charge in [0.25, 0.3) is 0 Å². The standard InChI is InChI=1S/C11H13ClFN/c1-11(2)9(10(11)14)6-3-7(12)5-8(13)4-6/h3-5,9-10H,14H2,1-2H3/t9-,10-/m0/s1. The first-order valence-electron chi connectivity index (χ1n) is 4.64. The molecule has 0 aromatic heterocycles. The van der Waals surface area contributed by atoms with Gasteiger partial charge < -0.3 is 5.73 Å². The average Bonchev–Trinajstić information content (AvgIpc) is 2.48. The first-order chi connectivity index (χ1) is 6.43. The summed E-state index contributed by atoms with van der Waals surface area (Å²) >= 11 is 5.78. The van der Waals surface area contributed by atoms with E-state index < -0.39 is 0 Å². The fourth-order valence-corrected chi connectivity index (χ4v) is 2.30. The molecule has 1 aliphatic carbocycles. The van der Waals surface area contributed by atoms with Crippen molar-refractivity contribution in [2.24, 2.45) is 11.1 Å². The highest BCUT2D eigenvalue weighted by atomic mass is 35.5. The summed E-state index contributed by atoms with van der Waals surface area (Å²) in [5.41, 5.74) is 6.89. The second kappa shape index (κ2) is 2.94. The summed E-state index contributed by atoms with van der Waals surface area (Å²) in [6, 6.07) is 4.74. The topological polar surface area (TPSA) is 26.0 Å². The van der Waals surface area contributed by atoms with Gasteiger partial charge in [-0.25, -0.2) is 4.39 Å². The van der Waals surface area contributed by atoms with E-state index in [1.807, 2.05) is 0 Å². The van der Waals surface area contributed by atoms with Gasteiger partial charge >= 0.3 is 0 Å². The molecule has 1 aromatic rings. The lowest BCUT2D eigenvalue weighted by atomic mass is 10.0. The third kappa shape index (κ3) is 1.43. The van der Waals surface area contributed by atoms with Crippen LogP contribution in [-0.2, 0) is 0 Å². The van der Waals surface area contributed by atoms with Crippen molar-refractivity contribution in [3.05, 3.63) is 34.6 Å². The molecule has 1 saturated carbocycles. The van der Waals surface area contributed by atoms with E-state index in [0.717, 1.165) is 5.56 Å². The predicted octanol–water partition coefficient (Wildman–Crippen LogP) is 2.93. The lowest BCUT2D eigenvalue weighted by molar-refractivity contribution is 0.594. The van der Waals surface area contributed by atoms with Crippen LogP contribution in [0.25, 0.3) is 0 Å². The summed E-state index contributed by atoms with van der Waals surface area (Å²) in [7, 11) is 0. The highest BCUT2D eigenvalue weighted by Gasteiger charge is 2.56. The van der Waals surface area contributed by atoms with Crippen molar-refractivity contribution >= 4 is 11.6 Å². The van der Waals surface area contributed by atoms with Crippen molar-refractivity contribution in [2.45, 2.75) is 25.8 Å². The molecule has 0 radical (unpaired) electrons. The summed E-state index contributed by atoms with van der Waals surface area (Å²) in [5.74, 6) is -0.0573. The number of hydrogen-bond acceptors (Lipinski definition) is 1. The first kappa shape index (κ1) is 9.94. The molecule has 1 nitrogen and oxygen atoms in total. The largest absolute Gasteiger partial charge is 0.327 e. The van der Waals surface area contributed by atoms with E-state index in [2.05, 4.69) is 13.8 Å². The molecule has 0 amide bonds. The maximum atomic E-state index is 13.1. The van der Waals surface area contributed by atoms with E-state index in [1.54, 1.807) is 6.07 Å². The zero-order chi connectivity index (χ0) is 10.5. The average molecular weight is 214 g/mol. The maximum Gasteiger partial charge on any atom is 0.124 e. The maximum absolute atomic E-state index is 13.1. The van der Waals surface area contributed by atoms with Crippen LogP contribution in [0.4, 0.5) is 4.39 Å². The molecule has 0 bridgehead atoms. The first-order valence-corrected chi connectivity index (χ1v) is 5.02. The summed E-state index contributed by atoms with van der Waals surface area (Å²) in [5, 5.41) is 0.440. The van der Waals surface area contributed by atoms with E-state index in [-0.39, 0.29) is 23.2 Å². The molecule has 2 atom stereocenters. The van der Waals surface area contributed by atoms with E-state index >= 15 is 0 Å². The molecular weight excluding hydrogens is 201 g/mol. The van der Waals surface area contributed by atoms with Crippen LogP contribution in [-0.4, -0.2) is 6.04 Å². The van der Waals surface area contributed by atoms with E-state index in [9.17, 15) is 4.39 Å². The molecule has 1 aromatic carbocycles. The van der Waals surface area contributed by atoms with Gasteiger partial charge in [-0.2, -0.15) is 0 Å². The number of nitrogens with two attached hydrogens (primary N) is 1. The van der Waals surface area contributed by atoms with Crippen LogP contribution in [0, 0.1) is 11.2 Å². The van der Waals surface area contributed by atoms with Crippen LogP contribution in [0.3, 0.4) is 0 Å². The van der Waals surface area contributed by atoms with Gasteiger partial charge in [0.05, 0.1) is 0 Å². The van der Waals surface area contributed by atoms with Gasteiger partial charge in [-0.15, -0.1) is 0 Å². The third-order valence-corrected chi connectivity index (χ3v) is 3.37. The number of halogens is 2. The van der Waals surface area contributed by atoms with Crippen molar-refractivity contribution < 1.29 is 4.39 Å². The van der Waals surface area contributed by atoms with E-state index in [4.69, 9.17) is 17.3 Å². The van der Waals surface area contributed by atoms with Gasteiger partial charge in [-0.1, -0.05) is 25.4 Å². The van der Waals surface area contributed by atoms with Crippen LogP contribution in [0.15, 0.2) is 18.2 Å². The van der Waals surface area contributed by atoms with Gasteiger partial charge in [0.2, 0.25) is 0 Å². The van der Waals surface area contributed by atoms with Crippen LogP contribution in [0.5, 0.6) is 0 Å². The fourth-order valence-electron chi connectivity index (χ4n) is 2.07. The molecular formula is C11H13ClFN. The molecule has 1 fully saturated rings. The van der Waals surface area contributed by atoms with Crippen LogP contribution >= 0.6 is 11.6 Å². The lowest BCUT2D eigenvalue weighted by Crippen LogP contribution is -2.06. The molecule has 76 valence electrons. The Balaban J connectivity index is 2.35. The fraction of sp³-hybridized carbons (Fsp3) is 0.455. The van der Waals surface area contributed by atoms with Crippen molar-refractivity contribution in [2.75, 3.05) is 0 Å². The molecule has 0 spiro atoms. The molecule has 14 heavy (non-hydrogen) atoms. The summed E-state index contributed by atoms with van der Waals surface area (Å²) < 4.78 is 13.1. The number of rotatable bonds is 1. The second-order valence-corrected chi connectivity index (χ2v) is 4.96. The smallest absolute Gasteiger partial charge is 0.124 e. The monoisotopic (exact) mass is 213 g/mol. The molecule has 0 saturated heterocycles. The van der Waals surface area contributed by atoms with Crippen LogP contribution in [0.1, 0.15) is 25.3 Å². The predicted molar refractivity (Wildman–Crippen MR) is 55.9 cm³/mol. The van der Waals surface area contributed by atoms with Gasteiger partial charge in [0.15, 0.2) is 0 Å². The van der Waals surface area contributed by atoms with E-state index in [1.165, 1.54) is 12.1 Å². The Bertz CT molecular complexity index is 355. The SMILES string of the molecule is CC1(C)[C@@H](N)[C@@H]1c1cc(F)cc(Cl)c1. The van der Waals surface area contributed by atoms with Crippen molar-refractivity contribution in [3.8, 4) is 0 Å². The molecule has 2 rings (SSSR count). The lowest BCUT2D eigenvalue weighted by Gasteiger charge is -2.03. The minimum atomic E-state index is -0.289. The van der Waals surface area contributed by atoms with Crippen molar-refractivity contribution in [1.29, 1.82) is 0 Å². The van der Waals surface area contributed by atoms with Gasteiger partial charge in [-0.05, 0) is 29.2 Å². The van der Waals surface area contributed by atoms with Crippen LogP contribution in [0.2, 0.25) is 5.02 Å². The van der Waals surface area contributed by atoms with Gasteiger partial charge in [-0.3, -0.25) is 0 Å². The summed E-state index contributed by atoms with van der Waals surface area (Å²) in [6.07, 6.45) is 0. The van der Waals surface area contributed by atoms with Crippen molar-refractivity contribution in [1.82, 2.24) is 0 Å². The Morgan fingerprint density at radius 2 is 1.93 bits per heavy atom. The highest BCUT2D eigenvalue weighted by molar-refractivity contribution is 6.30. The Morgan fingerprint density at radius 3 is 2.36 bits per heavy atom. The zero-order valence-corrected chi connectivity index (χ0v) is 8.98. The quantitative estimate of drug-likeness (QED) is 0.763.